The number of primary amides is 1. The van der Waals surface area contributed by atoms with E-state index in [2.05, 4.69) is 24.6 Å². The number of hydrogen-bond donors (Lipinski definition) is 2. The number of piperidine rings is 1. The predicted molar refractivity (Wildman–Crippen MR) is 87.1 cm³/mol. The summed E-state index contributed by atoms with van der Waals surface area (Å²) in [4.78, 5) is 18.2. The maximum absolute atomic E-state index is 11.5. The minimum Gasteiger partial charge on any atom is -0.365 e. The van der Waals surface area contributed by atoms with Gasteiger partial charge in [0.2, 0.25) is 0 Å². The van der Waals surface area contributed by atoms with E-state index in [-0.39, 0.29) is 0 Å². The number of aromatic nitrogens is 4. The van der Waals surface area contributed by atoms with Gasteiger partial charge in [0.25, 0.3) is 5.91 Å². The van der Waals surface area contributed by atoms with E-state index in [0.29, 0.717) is 11.5 Å². The molecular weight excluding hydrogens is 292 g/mol. The monoisotopic (exact) mass is 316 g/mol. The summed E-state index contributed by atoms with van der Waals surface area (Å²) in [5.41, 5.74) is 6.86. The Kier molecular flexibility index (Phi) is 4.76. The zero-order valence-corrected chi connectivity index (χ0v) is 13.5. The van der Waals surface area contributed by atoms with Gasteiger partial charge in [-0.25, -0.2) is 4.98 Å². The number of nitrogens with two attached hydrogens (primary N) is 1. The number of amides is 1. The summed E-state index contributed by atoms with van der Waals surface area (Å²) in [5, 5.41) is 6.97. The van der Waals surface area contributed by atoms with E-state index < -0.39 is 5.91 Å². The maximum Gasteiger partial charge on any atom is 0.252 e. The first kappa shape index (κ1) is 15.7. The summed E-state index contributed by atoms with van der Waals surface area (Å²) in [6.07, 6.45) is 8.70. The van der Waals surface area contributed by atoms with E-state index in [1.165, 1.54) is 0 Å². The van der Waals surface area contributed by atoms with Crippen molar-refractivity contribution in [2.75, 3.05) is 19.6 Å². The molecule has 2 aromatic rings. The van der Waals surface area contributed by atoms with Crippen LogP contribution in [0, 0.1) is 6.92 Å². The molecule has 1 fully saturated rings. The van der Waals surface area contributed by atoms with E-state index in [9.17, 15) is 4.79 Å². The predicted octanol–water partition coefficient (Wildman–Crippen LogP) is 1.28. The number of rotatable bonds is 6. The molecule has 0 saturated carbocycles. The first-order valence-electron chi connectivity index (χ1n) is 8.18. The van der Waals surface area contributed by atoms with Crippen molar-refractivity contribution in [3.8, 4) is 0 Å². The van der Waals surface area contributed by atoms with Gasteiger partial charge in [0.1, 0.15) is 5.82 Å². The number of carbonyl (C=O) groups excluding carboxylic acids is 1. The lowest BCUT2D eigenvalue weighted by molar-refractivity contribution is 0.0998. The Morgan fingerprint density at radius 1 is 1.48 bits per heavy atom. The van der Waals surface area contributed by atoms with Crippen LogP contribution in [0.15, 0.2) is 18.6 Å². The second-order valence-corrected chi connectivity index (χ2v) is 6.22. The largest absolute Gasteiger partial charge is 0.365 e. The van der Waals surface area contributed by atoms with Crippen LogP contribution in [0.5, 0.6) is 0 Å². The number of imidazole rings is 1. The van der Waals surface area contributed by atoms with Crippen LogP contribution in [0.3, 0.4) is 0 Å². The Morgan fingerprint density at radius 3 is 3.09 bits per heavy atom. The van der Waals surface area contributed by atoms with Crippen LogP contribution in [-0.4, -0.2) is 50.2 Å². The molecule has 1 unspecified atom stereocenters. The first-order valence-corrected chi connectivity index (χ1v) is 8.18. The summed E-state index contributed by atoms with van der Waals surface area (Å²) in [6.45, 7) is 6.13. The summed E-state index contributed by atoms with van der Waals surface area (Å²) >= 11 is 0. The first-order chi connectivity index (χ1) is 11.1. The number of nitrogens with zero attached hydrogens (tertiary/aromatic N) is 4. The number of aryl methyl sites for hydroxylation is 2. The topological polar surface area (TPSA) is 92.8 Å². The van der Waals surface area contributed by atoms with E-state index in [0.717, 1.165) is 57.0 Å². The number of hydrogen-bond acceptors (Lipinski definition) is 4. The number of nitrogens with one attached hydrogen (secondary N) is 1. The number of carbonyl (C=O) groups is 1. The molecule has 0 bridgehead atoms. The molecule has 3 N–H and O–H groups in total. The van der Waals surface area contributed by atoms with Crippen LogP contribution in [0.25, 0.3) is 0 Å². The molecular formula is C16H24N6O. The van der Waals surface area contributed by atoms with Crippen LogP contribution in [0.2, 0.25) is 0 Å². The fraction of sp³-hybridized carbons (Fsp3) is 0.562. The molecule has 3 rings (SSSR count). The van der Waals surface area contributed by atoms with Crippen LogP contribution in [-0.2, 0) is 6.54 Å². The lowest BCUT2D eigenvalue weighted by Crippen LogP contribution is -2.36. The highest BCUT2D eigenvalue weighted by molar-refractivity contribution is 5.93. The minimum atomic E-state index is -0.401. The van der Waals surface area contributed by atoms with Gasteiger partial charge in [0.15, 0.2) is 0 Å². The Balaban J connectivity index is 1.55. The van der Waals surface area contributed by atoms with Crippen LogP contribution < -0.4 is 5.73 Å². The van der Waals surface area contributed by atoms with Crippen molar-refractivity contribution in [1.82, 2.24) is 24.6 Å². The van der Waals surface area contributed by atoms with Crippen molar-refractivity contribution < 1.29 is 4.79 Å². The average molecular weight is 316 g/mol. The van der Waals surface area contributed by atoms with Gasteiger partial charge in [-0.05, 0) is 39.3 Å². The van der Waals surface area contributed by atoms with Gasteiger partial charge in [-0.3, -0.25) is 9.89 Å². The van der Waals surface area contributed by atoms with Gasteiger partial charge in [-0.15, -0.1) is 0 Å². The van der Waals surface area contributed by atoms with Crippen LogP contribution in [0.4, 0.5) is 0 Å². The highest BCUT2D eigenvalue weighted by atomic mass is 16.1. The smallest absolute Gasteiger partial charge is 0.252 e. The molecule has 2 aromatic heterocycles. The zero-order valence-electron chi connectivity index (χ0n) is 13.5. The summed E-state index contributed by atoms with van der Waals surface area (Å²) in [5.74, 6) is 0.968. The van der Waals surface area contributed by atoms with Crippen molar-refractivity contribution in [3.63, 3.8) is 0 Å². The Hall–Kier alpha value is -2.15. The van der Waals surface area contributed by atoms with Crippen LogP contribution >= 0.6 is 0 Å². The molecule has 1 saturated heterocycles. The Bertz CT molecular complexity index is 661. The lowest BCUT2D eigenvalue weighted by Gasteiger charge is -2.32. The average Bonchev–Trinajstić information content (AvgIpc) is 3.17. The highest BCUT2D eigenvalue weighted by Gasteiger charge is 2.25. The molecule has 7 nitrogen and oxygen atoms in total. The SMILES string of the molecule is Cc1nccn1CCCN1CCCC(c2[nH]ncc2C(N)=O)C1. The van der Waals surface area contributed by atoms with Gasteiger partial charge in [-0.2, -0.15) is 5.10 Å². The van der Waals surface area contributed by atoms with E-state index in [1.54, 1.807) is 6.20 Å². The number of likely N-dealkylation sites (tertiary alicyclic amines) is 1. The second-order valence-electron chi connectivity index (χ2n) is 6.22. The second kappa shape index (κ2) is 6.95. The molecule has 23 heavy (non-hydrogen) atoms. The van der Waals surface area contributed by atoms with E-state index in [1.807, 2.05) is 19.3 Å². The van der Waals surface area contributed by atoms with Crippen LogP contribution in [0.1, 0.15) is 47.1 Å². The molecule has 124 valence electrons. The Morgan fingerprint density at radius 2 is 2.35 bits per heavy atom. The number of aromatic amines is 1. The lowest BCUT2D eigenvalue weighted by atomic mass is 9.92. The van der Waals surface area contributed by atoms with Crippen molar-refractivity contribution in [1.29, 1.82) is 0 Å². The highest BCUT2D eigenvalue weighted by Crippen LogP contribution is 2.27. The fourth-order valence-corrected chi connectivity index (χ4v) is 3.40. The van der Waals surface area contributed by atoms with E-state index >= 15 is 0 Å². The molecule has 0 aliphatic carbocycles. The maximum atomic E-state index is 11.5. The molecule has 0 radical (unpaired) electrons. The summed E-state index contributed by atoms with van der Waals surface area (Å²) in [7, 11) is 0. The zero-order chi connectivity index (χ0) is 16.2. The molecule has 7 heteroatoms. The third kappa shape index (κ3) is 3.61. The van der Waals surface area contributed by atoms with Gasteiger partial charge in [-0.1, -0.05) is 0 Å². The van der Waals surface area contributed by atoms with Gasteiger partial charge in [0.05, 0.1) is 17.5 Å². The molecule has 0 spiro atoms. The summed E-state index contributed by atoms with van der Waals surface area (Å²) in [6, 6.07) is 0. The molecule has 1 aliphatic rings. The molecule has 1 atom stereocenters. The fourth-order valence-electron chi connectivity index (χ4n) is 3.40. The van der Waals surface area contributed by atoms with Gasteiger partial charge >= 0.3 is 0 Å². The van der Waals surface area contributed by atoms with Crippen molar-refractivity contribution in [2.24, 2.45) is 5.73 Å². The number of H-pyrrole nitrogens is 1. The third-order valence-electron chi connectivity index (χ3n) is 4.65. The van der Waals surface area contributed by atoms with Gasteiger partial charge < -0.3 is 15.2 Å². The molecule has 1 amide bonds. The molecule has 1 aliphatic heterocycles. The van der Waals surface area contributed by atoms with Gasteiger partial charge in [0, 0.05) is 31.4 Å². The molecule has 3 heterocycles. The summed E-state index contributed by atoms with van der Waals surface area (Å²) < 4.78 is 2.18. The Labute approximate surface area is 135 Å². The van der Waals surface area contributed by atoms with Crippen molar-refractivity contribution in [3.05, 3.63) is 35.7 Å². The minimum absolute atomic E-state index is 0.309. The van der Waals surface area contributed by atoms with E-state index in [4.69, 9.17) is 5.73 Å². The van der Waals surface area contributed by atoms with Crippen molar-refractivity contribution in [2.45, 2.75) is 38.6 Å². The quantitative estimate of drug-likeness (QED) is 0.839. The molecule has 0 aromatic carbocycles. The third-order valence-corrected chi connectivity index (χ3v) is 4.65. The standard InChI is InChI=1S/C16H24N6O/c1-12-18-5-9-22(12)8-3-7-21-6-2-4-13(11-21)15-14(16(17)23)10-19-20-15/h5,9-10,13H,2-4,6-8,11H2,1H3,(H2,17,23)(H,19,20). The van der Waals surface area contributed by atoms with Crippen molar-refractivity contribution >= 4 is 5.91 Å². The normalized spacial score (nSPS) is 19.1.